The van der Waals surface area contributed by atoms with Crippen LogP contribution in [0.1, 0.15) is 24.8 Å². The van der Waals surface area contributed by atoms with Crippen molar-refractivity contribution < 1.29 is 22.0 Å². The average Bonchev–Trinajstić information content (AvgIpc) is 3.37. The summed E-state index contributed by atoms with van der Waals surface area (Å²) in [5.74, 6) is 1.55. The van der Waals surface area contributed by atoms with Gasteiger partial charge >= 0.3 is 6.18 Å². The van der Waals surface area contributed by atoms with Gasteiger partial charge in [-0.25, -0.2) is 28.4 Å². The second-order valence-electron chi connectivity index (χ2n) is 8.66. The van der Waals surface area contributed by atoms with Gasteiger partial charge in [-0.2, -0.15) is 18.3 Å². The Morgan fingerprint density at radius 3 is 2.70 bits per heavy atom. The molecule has 1 saturated heterocycles. The van der Waals surface area contributed by atoms with Crippen LogP contribution in [-0.4, -0.2) is 50.3 Å². The number of alkyl halides is 5. The topological polar surface area (TPSA) is 71.8 Å². The molecule has 0 aromatic carbocycles. The number of hydrogen-bond acceptors (Lipinski definition) is 6. The summed E-state index contributed by atoms with van der Waals surface area (Å²) in [6, 6.07) is 2.21. The number of nitrogens with one attached hydrogen (secondary N) is 1. The van der Waals surface area contributed by atoms with Crippen LogP contribution >= 0.6 is 0 Å². The van der Waals surface area contributed by atoms with E-state index in [0.29, 0.717) is 47.7 Å². The summed E-state index contributed by atoms with van der Waals surface area (Å²) in [7, 11) is 0. The van der Waals surface area contributed by atoms with E-state index in [9.17, 15) is 22.0 Å². The molecule has 0 spiro atoms. The maximum atomic E-state index is 13.1. The Balaban J connectivity index is 1.25. The molecule has 4 heterocycles. The number of halogens is 5. The van der Waals surface area contributed by atoms with Crippen LogP contribution in [0, 0.1) is 11.8 Å². The molecule has 2 fully saturated rings. The lowest BCUT2D eigenvalue weighted by molar-refractivity contribution is -0.137. The smallest absolute Gasteiger partial charge is 0.366 e. The molecule has 1 N–H and O–H groups in total. The van der Waals surface area contributed by atoms with E-state index in [1.165, 1.54) is 12.4 Å². The molecule has 0 unspecified atom stereocenters. The van der Waals surface area contributed by atoms with Crippen LogP contribution in [-0.2, 0) is 12.7 Å². The number of hydrogen-bond donors (Lipinski definition) is 1. The standard InChI is InChI=1S/C21H22F5N7/c22-17(23)11-33-20-16(7-29-33)28-8-18(31-20)30-15-2-1-12-9-32(10-13(12)5-15)19-6-14(3-4-27-19)21(24,25)26/h3-4,6-8,12-13,15,17H,1-2,5,9-11H2,(H,30,31)/t12-,13+,15+/m1/s1. The number of pyridine rings is 1. The Kier molecular flexibility index (Phi) is 5.53. The van der Waals surface area contributed by atoms with Gasteiger partial charge in [-0.3, -0.25) is 0 Å². The minimum atomic E-state index is -4.40. The van der Waals surface area contributed by atoms with Crippen LogP contribution in [0.3, 0.4) is 0 Å². The first-order valence-electron chi connectivity index (χ1n) is 10.8. The van der Waals surface area contributed by atoms with Crippen LogP contribution in [0.2, 0.25) is 0 Å². The zero-order valence-electron chi connectivity index (χ0n) is 17.5. The van der Waals surface area contributed by atoms with E-state index in [2.05, 4.69) is 25.4 Å². The Hall–Kier alpha value is -3.05. The highest BCUT2D eigenvalue weighted by Gasteiger charge is 2.39. The molecule has 3 atom stereocenters. The Morgan fingerprint density at radius 1 is 1.09 bits per heavy atom. The highest BCUT2D eigenvalue weighted by Crippen LogP contribution is 2.39. The zero-order chi connectivity index (χ0) is 23.2. The average molecular weight is 467 g/mol. The lowest BCUT2D eigenvalue weighted by Gasteiger charge is -2.31. The minimum Gasteiger partial charge on any atom is -0.366 e. The SMILES string of the molecule is FC(F)Cn1ncc2ncc(N[C@H]3CC[C@@H]4CN(c5cc(C(F)(F)F)ccn5)C[C@@H]4C3)nc21. The number of rotatable bonds is 5. The monoisotopic (exact) mass is 467 g/mol. The molecular weight excluding hydrogens is 445 g/mol. The highest BCUT2D eigenvalue weighted by molar-refractivity contribution is 5.71. The predicted molar refractivity (Wildman–Crippen MR) is 111 cm³/mol. The van der Waals surface area contributed by atoms with E-state index in [-0.39, 0.29) is 6.04 Å². The maximum Gasteiger partial charge on any atom is 0.416 e. The summed E-state index contributed by atoms with van der Waals surface area (Å²) < 4.78 is 65.9. The summed E-state index contributed by atoms with van der Waals surface area (Å²) in [6.07, 6.45) is -0.123. The molecular formula is C21H22F5N7. The van der Waals surface area contributed by atoms with Gasteiger partial charge in [0.15, 0.2) is 5.65 Å². The lowest BCUT2D eigenvalue weighted by Crippen LogP contribution is -2.32. The van der Waals surface area contributed by atoms with Crippen LogP contribution in [0.15, 0.2) is 30.7 Å². The van der Waals surface area contributed by atoms with Gasteiger partial charge in [0, 0.05) is 25.3 Å². The third-order valence-electron chi connectivity index (χ3n) is 6.45. The Bertz CT molecular complexity index is 1130. The van der Waals surface area contributed by atoms with E-state index in [0.717, 1.165) is 36.1 Å². The molecule has 2 aliphatic rings. The van der Waals surface area contributed by atoms with E-state index in [1.807, 2.05) is 4.90 Å². The third kappa shape index (κ3) is 4.55. The first kappa shape index (κ1) is 21.8. The van der Waals surface area contributed by atoms with Crippen LogP contribution in [0.5, 0.6) is 0 Å². The fourth-order valence-corrected chi connectivity index (χ4v) is 4.91. The Labute approximate surface area is 186 Å². The van der Waals surface area contributed by atoms with E-state index >= 15 is 0 Å². The van der Waals surface area contributed by atoms with Gasteiger partial charge in [0.25, 0.3) is 6.43 Å². The normalized spacial score (nSPS) is 23.3. The van der Waals surface area contributed by atoms with Crippen molar-refractivity contribution in [1.82, 2.24) is 24.7 Å². The zero-order valence-corrected chi connectivity index (χ0v) is 17.5. The van der Waals surface area contributed by atoms with Crippen molar-refractivity contribution in [2.75, 3.05) is 23.3 Å². The quantitative estimate of drug-likeness (QED) is 0.567. The third-order valence-corrected chi connectivity index (χ3v) is 6.45. The molecule has 0 radical (unpaired) electrons. The van der Waals surface area contributed by atoms with Gasteiger partial charge < -0.3 is 10.2 Å². The first-order chi connectivity index (χ1) is 15.8. The van der Waals surface area contributed by atoms with Crippen molar-refractivity contribution in [3.8, 4) is 0 Å². The largest absolute Gasteiger partial charge is 0.416 e. The molecule has 0 bridgehead atoms. The van der Waals surface area contributed by atoms with Crippen molar-refractivity contribution in [2.45, 2.75) is 44.5 Å². The second-order valence-corrected chi connectivity index (χ2v) is 8.66. The lowest BCUT2D eigenvalue weighted by atomic mass is 9.79. The molecule has 1 aliphatic carbocycles. The molecule has 33 heavy (non-hydrogen) atoms. The van der Waals surface area contributed by atoms with Gasteiger partial charge in [-0.15, -0.1) is 0 Å². The fraction of sp³-hybridized carbons (Fsp3) is 0.524. The molecule has 0 amide bonds. The van der Waals surface area contributed by atoms with Gasteiger partial charge in [0.1, 0.15) is 23.7 Å². The van der Waals surface area contributed by atoms with Gasteiger partial charge in [-0.05, 0) is 43.2 Å². The fourth-order valence-electron chi connectivity index (χ4n) is 4.91. The molecule has 3 aromatic rings. The number of nitrogens with zero attached hydrogens (tertiary/aromatic N) is 6. The predicted octanol–water partition coefficient (Wildman–Crippen LogP) is 4.22. The molecule has 176 valence electrons. The minimum absolute atomic E-state index is 0.110. The van der Waals surface area contributed by atoms with Crippen LogP contribution in [0.25, 0.3) is 11.2 Å². The summed E-state index contributed by atoms with van der Waals surface area (Å²) in [4.78, 5) is 14.8. The second kappa shape index (κ2) is 8.38. The molecule has 7 nitrogen and oxygen atoms in total. The molecule has 12 heteroatoms. The van der Waals surface area contributed by atoms with Crippen molar-refractivity contribution in [3.63, 3.8) is 0 Å². The van der Waals surface area contributed by atoms with Crippen molar-refractivity contribution in [3.05, 3.63) is 36.3 Å². The summed E-state index contributed by atoms with van der Waals surface area (Å²) in [5.41, 5.74) is 0.0588. The number of fused-ring (bicyclic) bond motifs is 2. The van der Waals surface area contributed by atoms with Gasteiger partial charge in [0.2, 0.25) is 0 Å². The summed E-state index contributed by atoms with van der Waals surface area (Å²) in [6.45, 7) is 0.779. The molecule has 3 aromatic heterocycles. The highest BCUT2D eigenvalue weighted by atomic mass is 19.4. The van der Waals surface area contributed by atoms with E-state index in [4.69, 9.17) is 0 Å². The van der Waals surface area contributed by atoms with E-state index in [1.54, 1.807) is 6.20 Å². The first-order valence-corrected chi connectivity index (χ1v) is 10.8. The molecule has 5 rings (SSSR count). The summed E-state index contributed by atoms with van der Waals surface area (Å²) in [5, 5.41) is 7.28. The van der Waals surface area contributed by atoms with Crippen LogP contribution in [0.4, 0.5) is 33.6 Å². The Morgan fingerprint density at radius 2 is 1.91 bits per heavy atom. The molecule has 1 aliphatic heterocycles. The summed E-state index contributed by atoms with van der Waals surface area (Å²) >= 11 is 0. The van der Waals surface area contributed by atoms with Crippen LogP contribution < -0.4 is 10.2 Å². The van der Waals surface area contributed by atoms with Crippen molar-refractivity contribution in [2.24, 2.45) is 11.8 Å². The molecule has 1 saturated carbocycles. The van der Waals surface area contributed by atoms with E-state index < -0.39 is 24.7 Å². The van der Waals surface area contributed by atoms with Gasteiger partial charge in [0.05, 0.1) is 18.0 Å². The number of anilines is 2. The van der Waals surface area contributed by atoms with Crippen molar-refractivity contribution >= 4 is 22.8 Å². The maximum absolute atomic E-state index is 13.1. The van der Waals surface area contributed by atoms with Crippen molar-refractivity contribution in [1.29, 1.82) is 0 Å². The van der Waals surface area contributed by atoms with Gasteiger partial charge in [-0.1, -0.05) is 0 Å². The number of aromatic nitrogens is 5.